The molecule has 0 saturated carbocycles. The second kappa shape index (κ2) is 7.36. The number of carbonyl (C=O) groups is 1. The minimum Gasteiger partial charge on any atom is -0.289 e. The van der Waals surface area contributed by atoms with Crippen molar-refractivity contribution in [2.24, 2.45) is 7.05 Å². The van der Waals surface area contributed by atoms with Crippen LogP contribution in [0.25, 0.3) is 11.8 Å². The summed E-state index contributed by atoms with van der Waals surface area (Å²) >= 11 is 12.2. The van der Waals surface area contributed by atoms with Gasteiger partial charge in [0.25, 0.3) is 5.56 Å². The van der Waals surface area contributed by atoms with Crippen molar-refractivity contribution in [1.82, 2.24) is 9.36 Å². The fourth-order valence-corrected chi connectivity index (χ4v) is 3.29. The number of nitrogens with zero attached hydrogens (tertiary/aromatic N) is 2. The van der Waals surface area contributed by atoms with E-state index in [2.05, 4.69) is 0 Å². The van der Waals surface area contributed by atoms with Gasteiger partial charge in [0.15, 0.2) is 5.78 Å². The van der Waals surface area contributed by atoms with Crippen molar-refractivity contribution >= 4 is 35.1 Å². The highest BCUT2D eigenvalue weighted by atomic mass is 35.5. The molecule has 0 saturated heterocycles. The first kappa shape index (κ1) is 18.2. The van der Waals surface area contributed by atoms with Crippen LogP contribution in [-0.4, -0.2) is 15.1 Å². The molecule has 1 aromatic heterocycles. The Bertz CT molecular complexity index is 1040. The van der Waals surface area contributed by atoms with Gasteiger partial charge in [-0.05, 0) is 43.3 Å². The largest absolute Gasteiger partial charge is 0.289 e. The summed E-state index contributed by atoms with van der Waals surface area (Å²) in [6, 6.07) is 14.3. The smallest absolute Gasteiger partial charge is 0.282 e. The maximum Gasteiger partial charge on any atom is 0.282 e. The summed E-state index contributed by atoms with van der Waals surface area (Å²) in [6.45, 7) is 1.74. The average molecular weight is 387 g/mol. The Kier molecular flexibility index (Phi) is 5.16. The number of allylic oxidation sites excluding steroid dienone is 1. The Balaban J connectivity index is 2.04. The molecule has 0 radical (unpaired) electrons. The zero-order valence-corrected chi connectivity index (χ0v) is 15.8. The molecule has 0 fully saturated rings. The van der Waals surface area contributed by atoms with E-state index in [9.17, 15) is 9.59 Å². The fraction of sp³-hybridized carbons (Fsp3) is 0.100. The molecule has 6 heteroatoms. The number of benzene rings is 2. The van der Waals surface area contributed by atoms with Crippen LogP contribution < -0.4 is 5.56 Å². The minimum atomic E-state index is -0.395. The Hall–Kier alpha value is -2.56. The molecule has 0 spiro atoms. The number of rotatable bonds is 4. The van der Waals surface area contributed by atoms with Crippen molar-refractivity contribution < 1.29 is 4.79 Å². The first-order chi connectivity index (χ1) is 12.4. The summed E-state index contributed by atoms with van der Waals surface area (Å²) in [4.78, 5) is 25.5. The summed E-state index contributed by atoms with van der Waals surface area (Å²) in [7, 11) is 1.75. The predicted molar refractivity (Wildman–Crippen MR) is 106 cm³/mol. The van der Waals surface area contributed by atoms with E-state index >= 15 is 0 Å². The zero-order chi connectivity index (χ0) is 18.8. The molecule has 0 aliphatic heterocycles. The molecule has 3 aromatic rings. The fourth-order valence-electron chi connectivity index (χ4n) is 2.76. The maximum atomic E-state index is 12.8. The highest BCUT2D eigenvalue weighted by molar-refractivity contribution is 6.37. The highest BCUT2D eigenvalue weighted by Crippen LogP contribution is 2.25. The lowest BCUT2D eigenvalue weighted by Gasteiger charge is -2.07. The molecule has 4 nitrogen and oxygen atoms in total. The molecule has 1 heterocycles. The molecule has 0 unspecified atom stereocenters. The van der Waals surface area contributed by atoms with Crippen LogP contribution in [0.3, 0.4) is 0 Å². The summed E-state index contributed by atoms with van der Waals surface area (Å²) in [5, 5.41) is 0.876. The second-order valence-electron chi connectivity index (χ2n) is 5.77. The number of hydrogen-bond acceptors (Lipinski definition) is 2. The molecule has 26 heavy (non-hydrogen) atoms. The van der Waals surface area contributed by atoms with Gasteiger partial charge in [0, 0.05) is 28.4 Å². The van der Waals surface area contributed by atoms with E-state index in [1.54, 1.807) is 36.9 Å². The van der Waals surface area contributed by atoms with Gasteiger partial charge in [0.2, 0.25) is 0 Å². The number of ketones is 1. The van der Waals surface area contributed by atoms with Crippen molar-refractivity contribution in [3.63, 3.8) is 0 Å². The lowest BCUT2D eigenvalue weighted by Crippen LogP contribution is -2.22. The van der Waals surface area contributed by atoms with Crippen molar-refractivity contribution in [2.75, 3.05) is 0 Å². The van der Waals surface area contributed by atoms with E-state index in [1.807, 2.05) is 30.3 Å². The molecule has 0 N–H and O–H groups in total. The SMILES string of the molecule is Cc1c(C(=O)/C=C/c2c(Cl)cccc2Cl)c(=O)n(-c2ccccc2)n1C. The number of hydrogen-bond donors (Lipinski definition) is 0. The summed E-state index contributed by atoms with van der Waals surface area (Å²) in [6.07, 6.45) is 2.86. The van der Waals surface area contributed by atoms with Crippen molar-refractivity contribution in [2.45, 2.75) is 6.92 Å². The van der Waals surface area contributed by atoms with E-state index in [-0.39, 0.29) is 11.1 Å². The molecular formula is C20H16Cl2N2O2. The molecule has 0 atom stereocenters. The van der Waals surface area contributed by atoms with Gasteiger partial charge in [-0.15, -0.1) is 0 Å². The quantitative estimate of drug-likeness (QED) is 0.482. The van der Waals surface area contributed by atoms with E-state index in [0.717, 1.165) is 0 Å². The molecular weight excluding hydrogens is 371 g/mol. The van der Waals surface area contributed by atoms with E-state index in [0.29, 0.717) is 27.0 Å². The zero-order valence-electron chi connectivity index (χ0n) is 14.2. The standard InChI is InChI=1S/C20H16Cl2N2O2/c1-13-19(18(25)12-11-15-16(21)9-6-10-17(15)22)20(26)24(23(13)2)14-7-4-3-5-8-14/h3-12H,1-2H3/b12-11+. The van der Waals surface area contributed by atoms with Crippen LogP contribution in [-0.2, 0) is 7.05 Å². The van der Waals surface area contributed by atoms with Gasteiger partial charge in [0.1, 0.15) is 5.56 Å². The Labute approximate surface area is 160 Å². The molecule has 0 aliphatic carbocycles. The molecule has 0 amide bonds. The van der Waals surface area contributed by atoms with Crippen LogP contribution in [0.1, 0.15) is 21.6 Å². The monoisotopic (exact) mass is 386 g/mol. The summed E-state index contributed by atoms with van der Waals surface area (Å²) in [5.74, 6) is -0.395. The summed E-state index contributed by atoms with van der Waals surface area (Å²) < 4.78 is 3.14. The lowest BCUT2D eigenvalue weighted by molar-refractivity contribution is 0.104. The van der Waals surface area contributed by atoms with E-state index in [1.165, 1.54) is 16.8 Å². The van der Waals surface area contributed by atoms with Crippen LogP contribution >= 0.6 is 23.2 Å². The third kappa shape index (κ3) is 3.26. The molecule has 2 aromatic carbocycles. The van der Waals surface area contributed by atoms with Gasteiger partial charge in [-0.25, -0.2) is 4.68 Å². The van der Waals surface area contributed by atoms with Gasteiger partial charge in [0.05, 0.1) is 5.69 Å². The van der Waals surface area contributed by atoms with Crippen molar-refractivity contribution in [3.8, 4) is 5.69 Å². The maximum absolute atomic E-state index is 12.8. The van der Waals surface area contributed by atoms with Gasteiger partial charge < -0.3 is 0 Å². The van der Waals surface area contributed by atoms with Crippen LogP contribution in [0, 0.1) is 6.92 Å². The first-order valence-corrected chi connectivity index (χ1v) is 8.68. The molecule has 0 aliphatic rings. The van der Waals surface area contributed by atoms with Crippen LogP contribution in [0.5, 0.6) is 0 Å². The molecule has 3 rings (SSSR count). The number of para-hydroxylation sites is 1. The Morgan fingerprint density at radius 3 is 2.23 bits per heavy atom. The van der Waals surface area contributed by atoms with Gasteiger partial charge >= 0.3 is 0 Å². The molecule has 0 bridgehead atoms. The second-order valence-corrected chi connectivity index (χ2v) is 6.58. The Morgan fingerprint density at radius 2 is 1.62 bits per heavy atom. The highest BCUT2D eigenvalue weighted by Gasteiger charge is 2.20. The number of carbonyl (C=O) groups excluding carboxylic acids is 1. The van der Waals surface area contributed by atoms with Crippen LogP contribution in [0.4, 0.5) is 0 Å². The minimum absolute atomic E-state index is 0.121. The molecule has 132 valence electrons. The number of aromatic nitrogens is 2. The lowest BCUT2D eigenvalue weighted by atomic mass is 10.1. The Morgan fingerprint density at radius 1 is 1.00 bits per heavy atom. The van der Waals surface area contributed by atoms with E-state index in [4.69, 9.17) is 23.2 Å². The number of halogens is 2. The van der Waals surface area contributed by atoms with Crippen molar-refractivity contribution in [3.05, 3.63) is 91.8 Å². The van der Waals surface area contributed by atoms with Gasteiger partial charge in [-0.1, -0.05) is 47.5 Å². The predicted octanol–water partition coefficient (Wildman–Crippen LogP) is 4.69. The normalized spacial score (nSPS) is 11.2. The van der Waals surface area contributed by atoms with Gasteiger partial charge in [-0.3, -0.25) is 14.3 Å². The van der Waals surface area contributed by atoms with E-state index < -0.39 is 5.78 Å². The summed E-state index contributed by atoms with van der Waals surface area (Å²) in [5.41, 5.74) is 1.58. The first-order valence-electron chi connectivity index (χ1n) is 7.92. The van der Waals surface area contributed by atoms with Gasteiger partial charge in [-0.2, -0.15) is 0 Å². The third-order valence-corrected chi connectivity index (χ3v) is 4.86. The topological polar surface area (TPSA) is 44.0 Å². The van der Waals surface area contributed by atoms with Crippen LogP contribution in [0.2, 0.25) is 10.0 Å². The van der Waals surface area contributed by atoms with Crippen LogP contribution in [0.15, 0.2) is 59.4 Å². The third-order valence-electron chi connectivity index (χ3n) is 4.20. The van der Waals surface area contributed by atoms with Crippen molar-refractivity contribution in [1.29, 1.82) is 0 Å². The average Bonchev–Trinajstić information content (AvgIpc) is 2.84.